The lowest BCUT2D eigenvalue weighted by atomic mass is 9.86. The van der Waals surface area contributed by atoms with Gasteiger partial charge in [-0.1, -0.05) is 45.5 Å². The summed E-state index contributed by atoms with van der Waals surface area (Å²) < 4.78 is 17.3. The van der Waals surface area contributed by atoms with Gasteiger partial charge in [0.25, 0.3) is 0 Å². The Kier molecular flexibility index (Phi) is 5.47. The second-order valence-electron chi connectivity index (χ2n) is 7.10. The van der Waals surface area contributed by atoms with Gasteiger partial charge in [-0.3, -0.25) is 0 Å². The normalized spacial score (nSPS) is 24.3. The molecule has 0 N–H and O–H groups in total. The molecule has 0 aliphatic carbocycles. The number of allylic oxidation sites excluding steroid dienone is 1. The van der Waals surface area contributed by atoms with Gasteiger partial charge in [-0.15, -0.1) is 0 Å². The SMILES string of the molecule is C=C(C)O[C@@H]1C[C@@H](COC(=O)c2ccccc2)O[C@H]1C(C)(C)C. The van der Waals surface area contributed by atoms with E-state index in [0.29, 0.717) is 17.7 Å². The van der Waals surface area contributed by atoms with E-state index in [-0.39, 0.29) is 36.3 Å². The average molecular weight is 318 g/mol. The molecule has 1 heterocycles. The highest BCUT2D eigenvalue weighted by molar-refractivity contribution is 5.89. The fraction of sp³-hybridized carbons (Fsp3) is 0.526. The molecule has 2 rings (SSSR count). The molecule has 1 aliphatic heterocycles. The first kappa shape index (κ1) is 17.5. The summed E-state index contributed by atoms with van der Waals surface area (Å²) in [7, 11) is 0. The second kappa shape index (κ2) is 7.18. The zero-order valence-electron chi connectivity index (χ0n) is 14.4. The molecule has 4 heteroatoms. The van der Waals surface area contributed by atoms with E-state index in [1.54, 1.807) is 12.1 Å². The number of rotatable bonds is 5. The summed E-state index contributed by atoms with van der Waals surface area (Å²) in [5, 5.41) is 0. The van der Waals surface area contributed by atoms with Gasteiger partial charge < -0.3 is 14.2 Å². The maximum atomic E-state index is 12.0. The van der Waals surface area contributed by atoms with Crippen molar-refractivity contribution in [1.82, 2.24) is 0 Å². The Balaban J connectivity index is 1.94. The molecule has 1 saturated heterocycles. The Hall–Kier alpha value is -1.81. The summed E-state index contributed by atoms with van der Waals surface area (Å²) in [5.74, 6) is 0.348. The maximum absolute atomic E-state index is 12.0. The number of ether oxygens (including phenoxy) is 3. The van der Waals surface area contributed by atoms with Crippen LogP contribution < -0.4 is 0 Å². The van der Waals surface area contributed by atoms with Crippen LogP contribution in [0.4, 0.5) is 0 Å². The molecule has 0 amide bonds. The van der Waals surface area contributed by atoms with Gasteiger partial charge in [-0.25, -0.2) is 4.79 Å². The Morgan fingerprint density at radius 2 is 1.96 bits per heavy atom. The molecule has 126 valence electrons. The lowest BCUT2D eigenvalue weighted by molar-refractivity contribution is -0.0709. The highest BCUT2D eigenvalue weighted by Crippen LogP contribution is 2.36. The second-order valence-corrected chi connectivity index (χ2v) is 7.10. The third-order valence-electron chi connectivity index (χ3n) is 3.79. The van der Waals surface area contributed by atoms with Crippen LogP contribution in [-0.2, 0) is 14.2 Å². The number of hydrogen-bond acceptors (Lipinski definition) is 4. The molecular weight excluding hydrogens is 292 g/mol. The minimum atomic E-state index is -0.328. The van der Waals surface area contributed by atoms with Crippen molar-refractivity contribution in [2.75, 3.05) is 6.61 Å². The molecule has 0 saturated carbocycles. The highest BCUT2D eigenvalue weighted by atomic mass is 16.6. The van der Waals surface area contributed by atoms with E-state index in [2.05, 4.69) is 27.4 Å². The van der Waals surface area contributed by atoms with Crippen molar-refractivity contribution >= 4 is 5.97 Å². The lowest BCUT2D eigenvalue weighted by Gasteiger charge is -2.31. The van der Waals surface area contributed by atoms with Gasteiger partial charge >= 0.3 is 5.97 Å². The van der Waals surface area contributed by atoms with Crippen LogP contribution in [0.25, 0.3) is 0 Å². The number of esters is 1. The van der Waals surface area contributed by atoms with Crippen LogP contribution in [0.1, 0.15) is 44.5 Å². The predicted octanol–water partition coefficient (Wildman–Crippen LogP) is 3.97. The van der Waals surface area contributed by atoms with Crippen LogP contribution in [0, 0.1) is 5.41 Å². The minimum absolute atomic E-state index is 0.0559. The zero-order chi connectivity index (χ0) is 17.0. The average Bonchev–Trinajstić information content (AvgIpc) is 2.88. The first-order chi connectivity index (χ1) is 10.8. The topological polar surface area (TPSA) is 44.8 Å². The number of hydrogen-bond donors (Lipinski definition) is 0. The van der Waals surface area contributed by atoms with Crippen LogP contribution in [0.3, 0.4) is 0 Å². The van der Waals surface area contributed by atoms with E-state index < -0.39 is 0 Å². The molecule has 23 heavy (non-hydrogen) atoms. The van der Waals surface area contributed by atoms with Gasteiger partial charge in [-0.2, -0.15) is 0 Å². The van der Waals surface area contributed by atoms with Crippen molar-refractivity contribution in [2.45, 2.75) is 52.4 Å². The molecule has 1 aliphatic rings. The fourth-order valence-corrected chi connectivity index (χ4v) is 2.80. The van der Waals surface area contributed by atoms with Gasteiger partial charge in [0.05, 0.1) is 23.5 Å². The number of benzene rings is 1. The molecule has 0 unspecified atom stereocenters. The van der Waals surface area contributed by atoms with Crippen molar-refractivity contribution in [3.05, 3.63) is 48.2 Å². The van der Waals surface area contributed by atoms with Gasteiger partial charge in [0.2, 0.25) is 0 Å². The largest absolute Gasteiger partial charge is 0.493 e. The fourth-order valence-electron chi connectivity index (χ4n) is 2.80. The van der Waals surface area contributed by atoms with E-state index in [1.807, 2.05) is 25.1 Å². The molecule has 0 aromatic heterocycles. The third-order valence-corrected chi connectivity index (χ3v) is 3.79. The van der Waals surface area contributed by atoms with E-state index in [0.717, 1.165) is 0 Å². The Morgan fingerprint density at radius 3 is 2.52 bits per heavy atom. The highest BCUT2D eigenvalue weighted by Gasteiger charge is 2.43. The zero-order valence-corrected chi connectivity index (χ0v) is 14.4. The molecular formula is C19H26O4. The quantitative estimate of drug-likeness (QED) is 0.609. The van der Waals surface area contributed by atoms with E-state index in [1.165, 1.54) is 0 Å². The minimum Gasteiger partial charge on any atom is -0.493 e. The summed E-state index contributed by atoms with van der Waals surface area (Å²) in [6, 6.07) is 8.97. The molecule has 0 bridgehead atoms. The standard InChI is InChI=1S/C19H26O4/c1-13(2)22-16-11-15(23-17(16)19(3,4)5)12-21-18(20)14-9-7-6-8-10-14/h6-10,15-17H,1,11-12H2,2-5H3/t15-,16+,17+/m0/s1. The monoisotopic (exact) mass is 318 g/mol. The van der Waals surface area contributed by atoms with Crippen molar-refractivity contribution in [1.29, 1.82) is 0 Å². The summed E-state index contributed by atoms with van der Waals surface area (Å²) in [5.41, 5.74) is 0.491. The molecule has 1 aromatic rings. The predicted molar refractivity (Wildman–Crippen MR) is 89.1 cm³/mol. The number of carbonyl (C=O) groups is 1. The third kappa shape index (κ3) is 4.83. The Labute approximate surface area is 138 Å². The van der Waals surface area contributed by atoms with Crippen molar-refractivity contribution < 1.29 is 19.0 Å². The maximum Gasteiger partial charge on any atom is 0.338 e. The first-order valence-electron chi connectivity index (χ1n) is 7.97. The molecule has 1 aromatic carbocycles. The molecule has 3 atom stereocenters. The molecule has 0 spiro atoms. The van der Waals surface area contributed by atoms with Gasteiger partial charge in [-0.05, 0) is 24.5 Å². The summed E-state index contributed by atoms with van der Waals surface area (Å²) >= 11 is 0. The van der Waals surface area contributed by atoms with Crippen LogP contribution in [0.15, 0.2) is 42.7 Å². The summed E-state index contributed by atoms with van der Waals surface area (Å²) in [6.45, 7) is 12.2. The first-order valence-corrected chi connectivity index (χ1v) is 7.97. The summed E-state index contributed by atoms with van der Waals surface area (Å²) in [6.07, 6.45) is 0.417. The van der Waals surface area contributed by atoms with Gasteiger partial charge in [0, 0.05) is 6.42 Å². The lowest BCUT2D eigenvalue weighted by Crippen LogP contribution is -2.36. The van der Waals surface area contributed by atoms with E-state index in [9.17, 15) is 4.79 Å². The van der Waals surface area contributed by atoms with Crippen LogP contribution in [0.5, 0.6) is 0 Å². The number of carbonyl (C=O) groups excluding carboxylic acids is 1. The van der Waals surface area contributed by atoms with E-state index >= 15 is 0 Å². The Bertz CT molecular complexity index is 544. The molecule has 1 fully saturated rings. The smallest absolute Gasteiger partial charge is 0.338 e. The van der Waals surface area contributed by atoms with Crippen LogP contribution in [0.2, 0.25) is 0 Å². The van der Waals surface area contributed by atoms with Crippen LogP contribution >= 0.6 is 0 Å². The van der Waals surface area contributed by atoms with Crippen LogP contribution in [-0.4, -0.2) is 30.9 Å². The molecule has 0 radical (unpaired) electrons. The van der Waals surface area contributed by atoms with Crippen molar-refractivity contribution in [3.63, 3.8) is 0 Å². The van der Waals surface area contributed by atoms with Gasteiger partial charge in [0.1, 0.15) is 12.7 Å². The summed E-state index contributed by atoms with van der Waals surface area (Å²) in [4.78, 5) is 12.0. The van der Waals surface area contributed by atoms with Gasteiger partial charge in [0.15, 0.2) is 0 Å². The Morgan fingerprint density at radius 1 is 1.30 bits per heavy atom. The molecule has 4 nitrogen and oxygen atoms in total. The van der Waals surface area contributed by atoms with Crippen molar-refractivity contribution in [3.8, 4) is 0 Å². The van der Waals surface area contributed by atoms with Crippen molar-refractivity contribution in [2.24, 2.45) is 5.41 Å². The van der Waals surface area contributed by atoms with E-state index in [4.69, 9.17) is 14.2 Å².